The summed E-state index contributed by atoms with van der Waals surface area (Å²) in [6.07, 6.45) is 4.76. The molecule has 0 atom stereocenters. The molecule has 0 aliphatic rings. The van der Waals surface area contributed by atoms with Crippen molar-refractivity contribution in [1.29, 1.82) is 0 Å². The molecule has 0 amide bonds. The van der Waals surface area contributed by atoms with Crippen LogP contribution in [0.2, 0.25) is 0 Å². The standard InChI is InChI=1S/C19H25N3O3/c1-19(2,3)15-6-5-7-16(12-15)24-10-11-25-18(23)14-22(4)17-13-20-8-9-21-17/h5-9,12-13H,10-11,14H2,1-4H3. The first-order chi connectivity index (χ1) is 11.9. The lowest BCUT2D eigenvalue weighted by atomic mass is 9.87. The van der Waals surface area contributed by atoms with Gasteiger partial charge in [-0.2, -0.15) is 0 Å². The van der Waals surface area contributed by atoms with Crippen molar-refractivity contribution < 1.29 is 14.3 Å². The summed E-state index contributed by atoms with van der Waals surface area (Å²) in [7, 11) is 1.76. The average Bonchev–Trinajstić information content (AvgIpc) is 2.59. The van der Waals surface area contributed by atoms with Crippen LogP contribution in [-0.4, -0.2) is 42.7 Å². The predicted molar refractivity (Wildman–Crippen MR) is 96.9 cm³/mol. The Labute approximate surface area is 148 Å². The minimum Gasteiger partial charge on any atom is -0.490 e. The number of carbonyl (C=O) groups is 1. The third kappa shape index (κ3) is 6.06. The van der Waals surface area contributed by atoms with Gasteiger partial charge in [-0.3, -0.25) is 9.78 Å². The Bertz CT molecular complexity index is 684. The van der Waals surface area contributed by atoms with Gasteiger partial charge in [-0.05, 0) is 23.1 Å². The summed E-state index contributed by atoms with van der Waals surface area (Å²) < 4.78 is 10.9. The number of anilines is 1. The van der Waals surface area contributed by atoms with Gasteiger partial charge in [0, 0.05) is 19.4 Å². The molecule has 0 spiro atoms. The fraction of sp³-hybridized carbons (Fsp3) is 0.421. The first kappa shape index (κ1) is 18.7. The quantitative estimate of drug-likeness (QED) is 0.569. The molecule has 1 aromatic heterocycles. The molecular weight excluding hydrogens is 318 g/mol. The van der Waals surface area contributed by atoms with Crippen LogP contribution in [0.4, 0.5) is 5.82 Å². The monoisotopic (exact) mass is 343 g/mol. The molecule has 1 heterocycles. The Kier molecular flexibility index (Phi) is 6.33. The molecule has 0 fully saturated rings. The van der Waals surface area contributed by atoms with Gasteiger partial charge in [0.2, 0.25) is 0 Å². The van der Waals surface area contributed by atoms with Gasteiger partial charge in [0.05, 0.1) is 6.20 Å². The highest BCUT2D eigenvalue weighted by Crippen LogP contribution is 2.25. The van der Waals surface area contributed by atoms with Crippen molar-refractivity contribution in [2.75, 3.05) is 31.7 Å². The second kappa shape index (κ2) is 8.46. The number of carbonyl (C=O) groups excluding carboxylic acids is 1. The van der Waals surface area contributed by atoms with Crippen LogP contribution >= 0.6 is 0 Å². The Hall–Kier alpha value is -2.63. The van der Waals surface area contributed by atoms with E-state index in [9.17, 15) is 4.79 Å². The molecule has 6 heteroatoms. The summed E-state index contributed by atoms with van der Waals surface area (Å²) >= 11 is 0. The van der Waals surface area contributed by atoms with E-state index < -0.39 is 0 Å². The van der Waals surface area contributed by atoms with Crippen molar-refractivity contribution in [3.63, 3.8) is 0 Å². The normalized spacial score (nSPS) is 11.0. The summed E-state index contributed by atoms with van der Waals surface area (Å²) in [5, 5.41) is 0. The number of ether oxygens (including phenoxy) is 2. The first-order valence-corrected chi connectivity index (χ1v) is 8.22. The average molecular weight is 343 g/mol. The third-order valence-electron chi connectivity index (χ3n) is 3.62. The summed E-state index contributed by atoms with van der Waals surface area (Å²) in [5.41, 5.74) is 1.27. The fourth-order valence-corrected chi connectivity index (χ4v) is 2.18. The SMILES string of the molecule is CN(CC(=O)OCCOc1cccc(C(C)(C)C)c1)c1cnccn1. The molecule has 2 aromatic rings. The van der Waals surface area contributed by atoms with Crippen LogP contribution in [0.3, 0.4) is 0 Å². The van der Waals surface area contributed by atoms with Gasteiger partial charge >= 0.3 is 5.97 Å². The highest BCUT2D eigenvalue weighted by atomic mass is 16.6. The maximum Gasteiger partial charge on any atom is 0.325 e. The fourth-order valence-electron chi connectivity index (χ4n) is 2.18. The van der Waals surface area contributed by atoms with Gasteiger partial charge in [0.25, 0.3) is 0 Å². The van der Waals surface area contributed by atoms with Crippen LogP contribution in [0.1, 0.15) is 26.3 Å². The van der Waals surface area contributed by atoms with Crippen molar-refractivity contribution in [3.8, 4) is 5.75 Å². The molecule has 0 N–H and O–H groups in total. The molecule has 0 saturated heterocycles. The molecule has 0 aliphatic carbocycles. The number of hydrogen-bond acceptors (Lipinski definition) is 6. The Morgan fingerprint density at radius 2 is 2.00 bits per heavy atom. The van der Waals surface area contributed by atoms with Crippen molar-refractivity contribution in [3.05, 3.63) is 48.4 Å². The summed E-state index contributed by atoms with van der Waals surface area (Å²) in [6, 6.07) is 7.97. The van der Waals surface area contributed by atoms with Gasteiger partial charge < -0.3 is 14.4 Å². The van der Waals surface area contributed by atoms with Crippen molar-refractivity contribution in [2.24, 2.45) is 0 Å². The number of benzene rings is 1. The number of likely N-dealkylation sites (N-methyl/N-ethyl adjacent to an activating group) is 1. The van der Waals surface area contributed by atoms with E-state index in [1.165, 1.54) is 5.56 Å². The van der Waals surface area contributed by atoms with Crippen LogP contribution in [0, 0.1) is 0 Å². The van der Waals surface area contributed by atoms with Crippen molar-refractivity contribution in [1.82, 2.24) is 9.97 Å². The highest BCUT2D eigenvalue weighted by molar-refractivity contribution is 5.75. The molecule has 6 nitrogen and oxygen atoms in total. The van der Waals surface area contributed by atoms with E-state index in [0.717, 1.165) is 5.75 Å². The predicted octanol–water partition coefficient (Wildman–Crippen LogP) is 2.83. The van der Waals surface area contributed by atoms with Gasteiger partial charge in [-0.15, -0.1) is 0 Å². The Balaban J connectivity index is 1.73. The minimum atomic E-state index is -0.333. The smallest absolute Gasteiger partial charge is 0.325 e. The number of aromatic nitrogens is 2. The summed E-state index contributed by atoms with van der Waals surface area (Å²) in [4.78, 5) is 21.6. The van der Waals surface area contributed by atoms with E-state index in [0.29, 0.717) is 12.4 Å². The third-order valence-corrected chi connectivity index (χ3v) is 3.62. The zero-order valence-electron chi connectivity index (χ0n) is 15.2. The van der Waals surface area contributed by atoms with E-state index in [1.807, 2.05) is 18.2 Å². The van der Waals surface area contributed by atoms with E-state index in [1.54, 1.807) is 30.5 Å². The number of esters is 1. The summed E-state index contributed by atoms with van der Waals surface area (Å²) in [6.45, 7) is 7.09. The lowest BCUT2D eigenvalue weighted by Gasteiger charge is -2.20. The van der Waals surface area contributed by atoms with E-state index >= 15 is 0 Å². The maximum atomic E-state index is 11.9. The van der Waals surface area contributed by atoms with Gasteiger partial charge in [0.1, 0.15) is 31.3 Å². The first-order valence-electron chi connectivity index (χ1n) is 8.22. The highest BCUT2D eigenvalue weighted by Gasteiger charge is 2.14. The van der Waals surface area contributed by atoms with E-state index in [2.05, 4.69) is 36.8 Å². The lowest BCUT2D eigenvalue weighted by Crippen LogP contribution is -2.28. The van der Waals surface area contributed by atoms with Crippen molar-refractivity contribution >= 4 is 11.8 Å². The zero-order chi connectivity index (χ0) is 18.3. The van der Waals surface area contributed by atoms with E-state index in [4.69, 9.17) is 9.47 Å². The molecule has 0 radical (unpaired) electrons. The summed E-state index contributed by atoms with van der Waals surface area (Å²) in [5.74, 6) is 1.06. The molecule has 0 bridgehead atoms. The van der Waals surface area contributed by atoms with Crippen LogP contribution in [-0.2, 0) is 14.9 Å². The molecule has 134 valence electrons. The molecule has 25 heavy (non-hydrogen) atoms. The molecule has 0 saturated carbocycles. The number of nitrogens with zero attached hydrogens (tertiary/aromatic N) is 3. The molecular formula is C19H25N3O3. The van der Waals surface area contributed by atoms with Crippen LogP contribution < -0.4 is 9.64 Å². The lowest BCUT2D eigenvalue weighted by molar-refractivity contribution is -0.142. The molecule has 0 unspecified atom stereocenters. The second-order valence-corrected chi connectivity index (χ2v) is 6.77. The zero-order valence-corrected chi connectivity index (χ0v) is 15.2. The maximum absolute atomic E-state index is 11.9. The van der Waals surface area contributed by atoms with Gasteiger partial charge in [-0.1, -0.05) is 32.9 Å². The largest absolute Gasteiger partial charge is 0.490 e. The van der Waals surface area contributed by atoms with Crippen LogP contribution in [0.15, 0.2) is 42.9 Å². The molecule has 1 aromatic carbocycles. The van der Waals surface area contributed by atoms with Gasteiger partial charge in [-0.25, -0.2) is 4.98 Å². The molecule has 0 aliphatic heterocycles. The molecule has 2 rings (SSSR count). The number of hydrogen-bond donors (Lipinski definition) is 0. The van der Waals surface area contributed by atoms with Crippen LogP contribution in [0.25, 0.3) is 0 Å². The van der Waals surface area contributed by atoms with Crippen LogP contribution in [0.5, 0.6) is 5.75 Å². The van der Waals surface area contributed by atoms with E-state index in [-0.39, 0.29) is 24.5 Å². The van der Waals surface area contributed by atoms with Gasteiger partial charge in [0.15, 0.2) is 0 Å². The second-order valence-electron chi connectivity index (χ2n) is 6.77. The van der Waals surface area contributed by atoms with Crippen molar-refractivity contribution in [2.45, 2.75) is 26.2 Å². The topological polar surface area (TPSA) is 64.6 Å². The minimum absolute atomic E-state index is 0.0662. The Morgan fingerprint density at radius 1 is 1.20 bits per heavy atom. The Morgan fingerprint density at radius 3 is 2.68 bits per heavy atom. The number of rotatable bonds is 7.